The molecule has 1 aliphatic rings. The molecule has 2 N–H and O–H groups in total. The summed E-state index contributed by atoms with van der Waals surface area (Å²) in [5, 5.41) is 19.7. The molecule has 0 bridgehead atoms. The number of amides is 2. The lowest BCUT2D eigenvalue weighted by molar-refractivity contribution is -0.121. The van der Waals surface area contributed by atoms with E-state index in [9.17, 15) is 9.59 Å². The number of rotatable bonds is 7. The molecule has 0 radical (unpaired) electrons. The standard InChI is InChI=1S/C22H25ClN6O3S/c1-14(30)26-22(12-6-2-3-7-13-22)20-25-18(32-29-20)11-10-17(31)24-21-28-27-19(33-21)15-8-4-5-9-16(15)23/h4-5,8-9H,2-3,6-7,10-13H2,1H3,(H,26,30)(H,24,28,31). The van der Waals surface area contributed by atoms with Crippen LogP contribution in [0.15, 0.2) is 28.8 Å². The molecule has 0 saturated heterocycles. The van der Waals surface area contributed by atoms with Crippen LogP contribution in [-0.4, -0.2) is 32.2 Å². The number of aromatic nitrogens is 4. The van der Waals surface area contributed by atoms with Gasteiger partial charge in [-0.15, -0.1) is 10.2 Å². The minimum absolute atomic E-state index is 0.115. The molecule has 33 heavy (non-hydrogen) atoms. The lowest BCUT2D eigenvalue weighted by Crippen LogP contribution is -2.45. The molecular weight excluding hydrogens is 464 g/mol. The van der Waals surface area contributed by atoms with Crippen molar-refractivity contribution in [2.45, 2.75) is 63.8 Å². The fraction of sp³-hybridized carbons (Fsp3) is 0.455. The van der Waals surface area contributed by atoms with Gasteiger partial charge in [-0.1, -0.05) is 72.0 Å². The van der Waals surface area contributed by atoms with E-state index >= 15 is 0 Å². The van der Waals surface area contributed by atoms with E-state index in [1.54, 1.807) is 6.07 Å². The molecule has 2 heterocycles. The van der Waals surface area contributed by atoms with Gasteiger partial charge in [0.25, 0.3) is 0 Å². The van der Waals surface area contributed by atoms with Crippen LogP contribution in [0.4, 0.5) is 5.13 Å². The topological polar surface area (TPSA) is 123 Å². The zero-order valence-electron chi connectivity index (χ0n) is 18.3. The number of hydrogen-bond donors (Lipinski definition) is 2. The van der Waals surface area contributed by atoms with Crippen molar-refractivity contribution in [1.29, 1.82) is 0 Å². The van der Waals surface area contributed by atoms with Crippen LogP contribution in [0, 0.1) is 0 Å². The summed E-state index contributed by atoms with van der Waals surface area (Å²) < 4.78 is 5.41. The largest absolute Gasteiger partial charge is 0.343 e. The molecule has 11 heteroatoms. The molecule has 2 aromatic heterocycles. The predicted molar refractivity (Wildman–Crippen MR) is 125 cm³/mol. The third-order valence-corrected chi connectivity index (χ3v) is 6.81. The molecule has 3 aromatic rings. The van der Waals surface area contributed by atoms with E-state index in [1.807, 2.05) is 18.2 Å². The number of hydrogen-bond acceptors (Lipinski definition) is 8. The number of carbonyl (C=O) groups is 2. The first-order valence-electron chi connectivity index (χ1n) is 11.0. The van der Waals surface area contributed by atoms with Crippen molar-refractivity contribution < 1.29 is 14.1 Å². The van der Waals surface area contributed by atoms with Crippen LogP contribution in [-0.2, 0) is 21.5 Å². The lowest BCUT2D eigenvalue weighted by Gasteiger charge is -2.30. The van der Waals surface area contributed by atoms with Crippen molar-refractivity contribution >= 4 is 39.9 Å². The van der Waals surface area contributed by atoms with E-state index in [0.717, 1.165) is 44.1 Å². The molecule has 174 valence electrons. The van der Waals surface area contributed by atoms with E-state index in [2.05, 4.69) is 31.0 Å². The first-order chi connectivity index (χ1) is 15.9. The first-order valence-corrected chi connectivity index (χ1v) is 12.1. The Kier molecular flexibility index (Phi) is 7.34. The Bertz CT molecular complexity index is 1120. The summed E-state index contributed by atoms with van der Waals surface area (Å²) in [5.41, 5.74) is 0.163. The van der Waals surface area contributed by atoms with Gasteiger partial charge in [-0.2, -0.15) is 4.98 Å². The van der Waals surface area contributed by atoms with Gasteiger partial charge in [0.1, 0.15) is 5.54 Å². The maximum atomic E-state index is 12.4. The maximum absolute atomic E-state index is 12.4. The highest BCUT2D eigenvalue weighted by Gasteiger charge is 2.38. The van der Waals surface area contributed by atoms with Crippen LogP contribution in [0.3, 0.4) is 0 Å². The average Bonchev–Trinajstić information content (AvgIpc) is 3.39. The number of aryl methyl sites for hydroxylation is 1. The van der Waals surface area contributed by atoms with Crippen LogP contribution in [0.2, 0.25) is 5.02 Å². The fourth-order valence-corrected chi connectivity index (χ4v) is 5.12. The Balaban J connectivity index is 1.37. The summed E-state index contributed by atoms with van der Waals surface area (Å²) >= 11 is 7.45. The van der Waals surface area contributed by atoms with Crippen LogP contribution >= 0.6 is 22.9 Å². The van der Waals surface area contributed by atoms with E-state index in [-0.39, 0.29) is 24.7 Å². The number of nitrogens with one attached hydrogen (secondary N) is 2. The third kappa shape index (κ3) is 5.75. The van der Waals surface area contributed by atoms with Crippen LogP contribution in [0.25, 0.3) is 10.6 Å². The van der Waals surface area contributed by atoms with E-state index < -0.39 is 5.54 Å². The predicted octanol–water partition coefficient (Wildman–Crippen LogP) is 4.50. The molecule has 0 aliphatic heterocycles. The Morgan fingerprint density at radius 1 is 1.15 bits per heavy atom. The van der Waals surface area contributed by atoms with E-state index in [0.29, 0.717) is 26.9 Å². The number of nitrogens with zero attached hydrogens (tertiary/aromatic N) is 4. The Morgan fingerprint density at radius 2 is 1.91 bits per heavy atom. The molecule has 0 spiro atoms. The molecular formula is C22H25ClN6O3S. The zero-order valence-corrected chi connectivity index (χ0v) is 19.8. The number of benzene rings is 1. The van der Waals surface area contributed by atoms with Crippen molar-refractivity contribution in [3.63, 3.8) is 0 Å². The number of carbonyl (C=O) groups excluding carboxylic acids is 2. The quantitative estimate of drug-likeness (QED) is 0.469. The smallest absolute Gasteiger partial charge is 0.227 e. The number of anilines is 1. The van der Waals surface area contributed by atoms with Crippen LogP contribution < -0.4 is 10.6 Å². The third-order valence-electron chi connectivity index (χ3n) is 5.61. The van der Waals surface area contributed by atoms with E-state index in [4.69, 9.17) is 16.1 Å². The summed E-state index contributed by atoms with van der Waals surface area (Å²) in [6.45, 7) is 1.50. The van der Waals surface area contributed by atoms with Crippen LogP contribution in [0.5, 0.6) is 0 Å². The van der Waals surface area contributed by atoms with Gasteiger partial charge in [0.15, 0.2) is 10.8 Å². The SMILES string of the molecule is CC(=O)NC1(c2noc(CCC(=O)Nc3nnc(-c4ccccc4Cl)s3)n2)CCCCCC1. The summed E-state index contributed by atoms with van der Waals surface area (Å²) in [5.74, 6) is 0.505. The second-order valence-electron chi connectivity index (χ2n) is 8.13. The molecule has 1 aromatic carbocycles. The Hall–Kier alpha value is -2.85. The Labute approximate surface area is 200 Å². The van der Waals surface area contributed by atoms with Gasteiger partial charge in [0, 0.05) is 25.3 Å². The highest BCUT2D eigenvalue weighted by Crippen LogP contribution is 2.35. The average molecular weight is 489 g/mol. The van der Waals surface area contributed by atoms with Gasteiger partial charge in [0.05, 0.1) is 5.02 Å². The normalized spacial score (nSPS) is 15.6. The summed E-state index contributed by atoms with van der Waals surface area (Å²) in [4.78, 5) is 28.8. The van der Waals surface area contributed by atoms with Gasteiger partial charge >= 0.3 is 0 Å². The van der Waals surface area contributed by atoms with Crippen molar-refractivity contribution in [1.82, 2.24) is 25.7 Å². The summed E-state index contributed by atoms with van der Waals surface area (Å²) in [7, 11) is 0. The molecule has 0 atom stereocenters. The van der Waals surface area contributed by atoms with Crippen molar-refractivity contribution in [2.75, 3.05) is 5.32 Å². The highest BCUT2D eigenvalue weighted by atomic mass is 35.5. The molecule has 1 aliphatic carbocycles. The highest BCUT2D eigenvalue weighted by molar-refractivity contribution is 7.18. The first kappa shape index (κ1) is 23.3. The van der Waals surface area contributed by atoms with Gasteiger partial charge in [-0.25, -0.2) is 0 Å². The molecule has 4 rings (SSSR count). The Morgan fingerprint density at radius 3 is 2.64 bits per heavy atom. The summed E-state index contributed by atoms with van der Waals surface area (Å²) in [6.07, 6.45) is 6.20. The molecule has 1 fully saturated rings. The van der Waals surface area contributed by atoms with Crippen molar-refractivity contribution in [3.8, 4) is 10.6 Å². The van der Waals surface area contributed by atoms with Gasteiger partial charge in [-0.05, 0) is 18.9 Å². The molecule has 1 saturated carbocycles. The lowest BCUT2D eigenvalue weighted by atomic mass is 9.89. The van der Waals surface area contributed by atoms with Crippen LogP contribution in [0.1, 0.15) is 63.6 Å². The molecule has 9 nitrogen and oxygen atoms in total. The fourth-order valence-electron chi connectivity index (χ4n) is 4.04. The van der Waals surface area contributed by atoms with Crippen molar-refractivity contribution in [3.05, 3.63) is 41.0 Å². The second kappa shape index (κ2) is 10.4. The minimum Gasteiger partial charge on any atom is -0.343 e. The second-order valence-corrected chi connectivity index (χ2v) is 9.51. The molecule has 2 amide bonds. The monoisotopic (exact) mass is 488 g/mol. The zero-order chi connectivity index (χ0) is 23.3. The summed E-state index contributed by atoms with van der Waals surface area (Å²) in [6, 6.07) is 7.33. The van der Waals surface area contributed by atoms with Gasteiger partial charge in [-0.3, -0.25) is 9.59 Å². The van der Waals surface area contributed by atoms with Crippen molar-refractivity contribution in [2.24, 2.45) is 0 Å². The van der Waals surface area contributed by atoms with Gasteiger partial charge in [0.2, 0.25) is 22.8 Å². The number of halogens is 1. The van der Waals surface area contributed by atoms with Gasteiger partial charge < -0.3 is 15.2 Å². The maximum Gasteiger partial charge on any atom is 0.227 e. The molecule has 0 unspecified atom stereocenters. The minimum atomic E-state index is -0.603. The van der Waals surface area contributed by atoms with E-state index in [1.165, 1.54) is 18.3 Å².